The minimum absolute atomic E-state index is 0.187. The van der Waals surface area contributed by atoms with Crippen molar-refractivity contribution in [3.8, 4) is 0 Å². The van der Waals surface area contributed by atoms with Gasteiger partial charge in [-0.25, -0.2) is 5.32 Å². The highest BCUT2D eigenvalue weighted by molar-refractivity contribution is 14.1. The van der Waals surface area contributed by atoms with Crippen LogP contribution >= 0.6 is 22.6 Å². The summed E-state index contributed by atoms with van der Waals surface area (Å²) in [5.74, 6) is 0. The molecule has 50 valence electrons. The molecule has 0 bridgehead atoms. The molecule has 1 nitrogen and oxygen atoms in total. The Labute approximate surface area is 61.0 Å². The maximum Gasteiger partial charge on any atom is 0.300 e. The van der Waals surface area contributed by atoms with Crippen molar-refractivity contribution in [2.75, 3.05) is 0 Å². The van der Waals surface area contributed by atoms with Gasteiger partial charge in [0, 0.05) is 6.92 Å². The quantitative estimate of drug-likeness (QED) is 0.438. The molecule has 1 N–H and O–H groups in total. The first kappa shape index (κ1) is 8.55. The van der Waals surface area contributed by atoms with Crippen LogP contribution in [0, 0.1) is 0 Å². The van der Waals surface area contributed by atoms with Crippen LogP contribution in [0.15, 0.2) is 0 Å². The lowest BCUT2D eigenvalue weighted by molar-refractivity contribution is -0.0145. The topological polar surface area (TPSA) is 12.0 Å². The molecule has 0 rings (SSSR count). The maximum absolute atomic E-state index is 11.9. The van der Waals surface area contributed by atoms with Gasteiger partial charge in [0.25, 0.3) is 6.05 Å². The lowest BCUT2D eigenvalue weighted by atomic mass is 10.6. The Bertz CT molecular complexity index is 68.9. The standard InChI is InChI=1S/C4H8F2IN/c1-3(7)8-4(2,5)6/h3,8H,1-2H3. The third kappa shape index (κ3) is 6.55. The predicted molar refractivity (Wildman–Crippen MR) is 37.2 cm³/mol. The van der Waals surface area contributed by atoms with Gasteiger partial charge in [0.1, 0.15) is 0 Å². The molecule has 0 aliphatic rings. The van der Waals surface area contributed by atoms with E-state index in [-0.39, 0.29) is 4.05 Å². The van der Waals surface area contributed by atoms with Crippen LogP contribution < -0.4 is 5.32 Å². The summed E-state index contributed by atoms with van der Waals surface area (Å²) in [6, 6.07) is -2.74. The van der Waals surface area contributed by atoms with Gasteiger partial charge >= 0.3 is 0 Å². The van der Waals surface area contributed by atoms with E-state index in [0.717, 1.165) is 6.92 Å². The molecule has 0 radical (unpaired) electrons. The molecule has 0 aliphatic heterocycles. The summed E-state index contributed by atoms with van der Waals surface area (Å²) in [6.07, 6.45) is 0. The van der Waals surface area contributed by atoms with Crippen molar-refractivity contribution in [1.82, 2.24) is 5.32 Å². The van der Waals surface area contributed by atoms with Crippen LogP contribution in [-0.4, -0.2) is 10.1 Å². The number of rotatable bonds is 2. The van der Waals surface area contributed by atoms with Gasteiger partial charge in [0.05, 0.1) is 4.05 Å². The Balaban J connectivity index is 3.39. The van der Waals surface area contributed by atoms with Crippen molar-refractivity contribution < 1.29 is 8.78 Å². The zero-order valence-electron chi connectivity index (χ0n) is 4.71. The lowest BCUT2D eigenvalue weighted by Crippen LogP contribution is -2.36. The zero-order chi connectivity index (χ0) is 6.78. The zero-order valence-corrected chi connectivity index (χ0v) is 6.87. The Morgan fingerprint density at radius 2 is 2.00 bits per heavy atom. The normalized spacial score (nSPS) is 16.1. The van der Waals surface area contributed by atoms with E-state index in [1.165, 1.54) is 0 Å². The summed E-state index contributed by atoms with van der Waals surface area (Å²) in [7, 11) is 0. The molecule has 0 amide bonds. The second-order valence-electron chi connectivity index (χ2n) is 1.65. The second-order valence-corrected chi connectivity index (χ2v) is 3.52. The monoisotopic (exact) mass is 235 g/mol. The molecule has 1 atom stereocenters. The average Bonchev–Trinajstić information content (AvgIpc) is 1.21. The van der Waals surface area contributed by atoms with Crippen LogP contribution in [0.25, 0.3) is 0 Å². The van der Waals surface area contributed by atoms with E-state index in [1.54, 1.807) is 6.92 Å². The predicted octanol–water partition coefficient (Wildman–Crippen LogP) is 1.97. The van der Waals surface area contributed by atoms with E-state index >= 15 is 0 Å². The van der Waals surface area contributed by atoms with E-state index in [4.69, 9.17) is 0 Å². The molecule has 0 saturated heterocycles. The molecule has 0 aromatic heterocycles. The molecule has 1 unspecified atom stereocenters. The fraction of sp³-hybridized carbons (Fsp3) is 1.00. The Kier molecular flexibility index (Phi) is 3.11. The average molecular weight is 235 g/mol. The van der Waals surface area contributed by atoms with E-state index in [2.05, 4.69) is 0 Å². The minimum atomic E-state index is -2.74. The molecule has 0 aliphatic carbocycles. The molecule has 0 spiro atoms. The fourth-order valence-electron chi connectivity index (χ4n) is 0.349. The van der Waals surface area contributed by atoms with Crippen LogP contribution in [0.3, 0.4) is 0 Å². The molecular formula is C4H8F2IN. The van der Waals surface area contributed by atoms with Crippen molar-refractivity contribution in [2.24, 2.45) is 0 Å². The van der Waals surface area contributed by atoms with Crippen LogP contribution in [0.1, 0.15) is 13.8 Å². The summed E-state index contributed by atoms with van der Waals surface area (Å²) < 4.78 is 23.5. The summed E-state index contributed by atoms with van der Waals surface area (Å²) >= 11 is 1.88. The molecule has 0 fully saturated rings. The summed E-state index contributed by atoms with van der Waals surface area (Å²) in [4.78, 5) is 0. The van der Waals surface area contributed by atoms with Gasteiger partial charge in [-0.2, -0.15) is 8.78 Å². The first-order chi connectivity index (χ1) is 3.42. The van der Waals surface area contributed by atoms with E-state index < -0.39 is 6.05 Å². The summed E-state index contributed by atoms with van der Waals surface area (Å²) in [5.41, 5.74) is 0. The number of hydrogen-bond donors (Lipinski definition) is 1. The van der Waals surface area contributed by atoms with E-state index in [0.29, 0.717) is 0 Å². The maximum atomic E-state index is 11.9. The number of alkyl halides is 3. The molecule has 0 saturated carbocycles. The van der Waals surface area contributed by atoms with Crippen molar-refractivity contribution in [2.45, 2.75) is 23.9 Å². The SMILES string of the molecule is CC(I)NC(C)(F)F. The highest BCUT2D eigenvalue weighted by Gasteiger charge is 2.20. The van der Waals surface area contributed by atoms with Crippen molar-refractivity contribution in [1.29, 1.82) is 0 Å². The molecule has 8 heavy (non-hydrogen) atoms. The van der Waals surface area contributed by atoms with E-state index in [1.807, 2.05) is 27.9 Å². The first-order valence-corrected chi connectivity index (χ1v) is 3.46. The van der Waals surface area contributed by atoms with Gasteiger partial charge in [-0.1, -0.05) is 22.6 Å². The third-order valence-corrected chi connectivity index (χ3v) is 0.764. The largest absolute Gasteiger partial charge is 0.300 e. The van der Waals surface area contributed by atoms with Gasteiger partial charge in [0.2, 0.25) is 0 Å². The van der Waals surface area contributed by atoms with Crippen LogP contribution in [0.5, 0.6) is 0 Å². The van der Waals surface area contributed by atoms with Crippen LogP contribution in [0.4, 0.5) is 8.78 Å². The molecule has 4 heteroatoms. The van der Waals surface area contributed by atoms with Gasteiger partial charge in [-0.3, -0.25) is 0 Å². The Hall–Kier alpha value is 0.550. The van der Waals surface area contributed by atoms with Crippen LogP contribution in [0.2, 0.25) is 0 Å². The van der Waals surface area contributed by atoms with Gasteiger partial charge in [0.15, 0.2) is 0 Å². The molecular weight excluding hydrogens is 227 g/mol. The molecule has 0 aromatic rings. The van der Waals surface area contributed by atoms with Gasteiger partial charge in [-0.15, -0.1) is 0 Å². The summed E-state index contributed by atoms with van der Waals surface area (Å²) in [6.45, 7) is 2.50. The number of halogens is 3. The van der Waals surface area contributed by atoms with Gasteiger partial charge in [-0.05, 0) is 6.92 Å². The highest BCUT2D eigenvalue weighted by Crippen LogP contribution is 2.09. The Morgan fingerprint density at radius 1 is 1.62 bits per heavy atom. The molecule has 0 heterocycles. The smallest absolute Gasteiger partial charge is 0.247 e. The lowest BCUT2D eigenvalue weighted by Gasteiger charge is -2.13. The van der Waals surface area contributed by atoms with E-state index in [9.17, 15) is 8.78 Å². The number of nitrogens with one attached hydrogen (secondary N) is 1. The highest BCUT2D eigenvalue weighted by atomic mass is 127. The number of hydrogen-bond acceptors (Lipinski definition) is 1. The van der Waals surface area contributed by atoms with Crippen molar-refractivity contribution in [3.63, 3.8) is 0 Å². The van der Waals surface area contributed by atoms with Crippen LogP contribution in [-0.2, 0) is 0 Å². The van der Waals surface area contributed by atoms with Gasteiger partial charge < -0.3 is 0 Å². The first-order valence-electron chi connectivity index (χ1n) is 2.21. The van der Waals surface area contributed by atoms with Crippen molar-refractivity contribution in [3.05, 3.63) is 0 Å². The summed E-state index contributed by atoms with van der Waals surface area (Å²) in [5, 5.41) is 2.04. The van der Waals surface area contributed by atoms with Crippen molar-refractivity contribution >= 4 is 22.6 Å². The third-order valence-electron chi connectivity index (χ3n) is 0.452. The molecule has 0 aromatic carbocycles. The second kappa shape index (κ2) is 2.91. The fourth-order valence-corrected chi connectivity index (χ4v) is 0.896. The Morgan fingerprint density at radius 3 is 2.00 bits per heavy atom. The minimum Gasteiger partial charge on any atom is -0.247 e.